The summed E-state index contributed by atoms with van der Waals surface area (Å²) in [5.41, 5.74) is 0.976. The van der Waals surface area contributed by atoms with Crippen molar-refractivity contribution in [2.75, 3.05) is 26.2 Å². The van der Waals surface area contributed by atoms with Crippen molar-refractivity contribution in [2.24, 2.45) is 0 Å². The molecule has 6 nitrogen and oxygen atoms in total. The molecule has 2 aliphatic rings. The summed E-state index contributed by atoms with van der Waals surface area (Å²) >= 11 is 0. The number of hydrogen-bond acceptors (Lipinski definition) is 3. The van der Waals surface area contributed by atoms with E-state index < -0.39 is 0 Å². The van der Waals surface area contributed by atoms with Gasteiger partial charge in [-0.2, -0.15) is 0 Å². The van der Waals surface area contributed by atoms with Crippen LogP contribution in [-0.2, 0) is 11.3 Å². The number of benzene rings is 1. The molecule has 1 aromatic rings. The molecule has 1 heterocycles. The molecule has 1 saturated carbocycles. The van der Waals surface area contributed by atoms with Crippen molar-refractivity contribution in [2.45, 2.75) is 51.2 Å². The number of hydrogen-bond donors (Lipinski definition) is 1. The molecule has 1 aliphatic carbocycles. The SMILES string of the molecule is O=C(NC1CCCCC1)N1CCCN(C(=O)OCc2ccccc2)CC1. The van der Waals surface area contributed by atoms with Gasteiger partial charge >= 0.3 is 12.1 Å². The van der Waals surface area contributed by atoms with E-state index in [1.54, 1.807) is 4.90 Å². The van der Waals surface area contributed by atoms with E-state index in [0.717, 1.165) is 24.8 Å². The van der Waals surface area contributed by atoms with E-state index in [1.165, 1.54) is 19.3 Å². The molecule has 0 radical (unpaired) electrons. The maximum Gasteiger partial charge on any atom is 0.410 e. The fourth-order valence-electron chi connectivity index (χ4n) is 3.63. The van der Waals surface area contributed by atoms with Gasteiger partial charge in [0.25, 0.3) is 0 Å². The third kappa shape index (κ3) is 5.38. The van der Waals surface area contributed by atoms with Crippen LogP contribution < -0.4 is 5.32 Å². The number of urea groups is 1. The van der Waals surface area contributed by atoms with Gasteiger partial charge in [0.05, 0.1) is 0 Å². The highest BCUT2D eigenvalue weighted by molar-refractivity contribution is 5.75. The number of ether oxygens (including phenoxy) is 1. The van der Waals surface area contributed by atoms with Gasteiger partial charge in [0.2, 0.25) is 0 Å². The lowest BCUT2D eigenvalue weighted by Gasteiger charge is -2.27. The minimum Gasteiger partial charge on any atom is -0.445 e. The van der Waals surface area contributed by atoms with Crippen molar-refractivity contribution in [3.8, 4) is 0 Å². The first-order valence-corrected chi connectivity index (χ1v) is 9.73. The van der Waals surface area contributed by atoms with Gasteiger partial charge < -0.3 is 19.9 Å². The number of amides is 3. The number of rotatable bonds is 3. The van der Waals surface area contributed by atoms with Crippen LogP contribution in [0.25, 0.3) is 0 Å². The van der Waals surface area contributed by atoms with E-state index in [1.807, 2.05) is 35.2 Å². The van der Waals surface area contributed by atoms with Gasteiger partial charge in [-0.3, -0.25) is 0 Å². The summed E-state index contributed by atoms with van der Waals surface area (Å²) in [7, 11) is 0. The first kappa shape index (κ1) is 18.5. The standard InChI is InChI=1S/C20H29N3O3/c24-19(21-18-10-5-2-6-11-18)22-12-7-13-23(15-14-22)20(25)26-16-17-8-3-1-4-9-17/h1,3-4,8-9,18H,2,5-7,10-16H2,(H,21,24). The Labute approximate surface area is 155 Å². The third-order valence-electron chi connectivity index (χ3n) is 5.18. The van der Waals surface area contributed by atoms with Crippen LogP contribution >= 0.6 is 0 Å². The lowest BCUT2D eigenvalue weighted by atomic mass is 9.96. The summed E-state index contributed by atoms with van der Waals surface area (Å²) in [5, 5.41) is 3.16. The van der Waals surface area contributed by atoms with Gasteiger partial charge in [0, 0.05) is 32.2 Å². The Hall–Kier alpha value is -2.24. The third-order valence-corrected chi connectivity index (χ3v) is 5.18. The minimum absolute atomic E-state index is 0.0106. The molecule has 0 bridgehead atoms. The topological polar surface area (TPSA) is 61.9 Å². The van der Waals surface area contributed by atoms with Crippen LogP contribution in [0.15, 0.2) is 30.3 Å². The predicted molar refractivity (Wildman–Crippen MR) is 99.8 cm³/mol. The predicted octanol–water partition coefficient (Wildman–Crippen LogP) is 3.37. The summed E-state index contributed by atoms with van der Waals surface area (Å²) in [6.07, 6.45) is 6.31. The number of nitrogens with zero attached hydrogens (tertiary/aromatic N) is 2. The average Bonchev–Trinajstić information content (AvgIpc) is 2.94. The highest BCUT2D eigenvalue weighted by Crippen LogP contribution is 2.18. The highest BCUT2D eigenvalue weighted by atomic mass is 16.6. The minimum atomic E-state index is -0.302. The van der Waals surface area contributed by atoms with E-state index in [4.69, 9.17) is 4.74 Å². The van der Waals surface area contributed by atoms with Crippen molar-refractivity contribution in [3.05, 3.63) is 35.9 Å². The largest absolute Gasteiger partial charge is 0.445 e. The molecule has 1 aromatic carbocycles. The Morgan fingerprint density at radius 2 is 1.62 bits per heavy atom. The Balaban J connectivity index is 1.43. The van der Waals surface area contributed by atoms with Crippen molar-refractivity contribution in [1.82, 2.24) is 15.1 Å². The Kier molecular flexibility index (Phi) is 6.75. The molecule has 0 atom stereocenters. The molecule has 0 unspecified atom stereocenters. The van der Waals surface area contributed by atoms with E-state index in [-0.39, 0.29) is 18.7 Å². The fraction of sp³-hybridized carbons (Fsp3) is 0.600. The molecule has 26 heavy (non-hydrogen) atoms. The smallest absolute Gasteiger partial charge is 0.410 e. The second kappa shape index (κ2) is 9.46. The number of carbonyl (C=O) groups is 2. The summed E-state index contributed by atoms with van der Waals surface area (Å²) in [5.74, 6) is 0. The zero-order valence-electron chi connectivity index (χ0n) is 15.4. The zero-order chi connectivity index (χ0) is 18.2. The highest BCUT2D eigenvalue weighted by Gasteiger charge is 2.24. The van der Waals surface area contributed by atoms with Crippen LogP contribution in [-0.4, -0.2) is 54.1 Å². The average molecular weight is 359 g/mol. The lowest BCUT2D eigenvalue weighted by molar-refractivity contribution is 0.0974. The molecule has 3 rings (SSSR count). The van der Waals surface area contributed by atoms with Gasteiger partial charge in [-0.1, -0.05) is 49.6 Å². The first-order chi connectivity index (χ1) is 12.7. The quantitative estimate of drug-likeness (QED) is 0.900. The molecule has 142 valence electrons. The summed E-state index contributed by atoms with van der Waals surface area (Å²) < 4.78 is 5.41. The first-order valence-electron chi connectivity index (χ1n) is 9.73. The van der Waals surface area contributed by atoms with Crippen molar-refractivity contribution in [1.29, 1.82) is 0 Å². The summed E-state index contributed by atoms with van der Waals surface area (Å²) in [6, 6.07) is 9.99. The maximum absolute atomic E-state index is 12.5. The van der Waals surface area contributed by atoms with E-state index in [2.05, 4.69) is 5.32 Å². The fourth-order valence-corrected chi connectivity index (χ4v) is 3.63. The van der Waals surface area contributed by atoms with Crippen molar-refractivity contribution in [3.63, 3.8) is 0 Å². The molecular formula is C20H29N3O3. The number of nitrogens with one attached hydrogen (secondary N) is 1. The van der Waals surface area contributed by atoms with Crippen LogP contribution in [0.4, 0.5) is 9.59 Å². The Morgan fingerprint density at radius 3 is 2.38 bits per heavy atom. The van der Waals surface area contributed by atoms with Crippen LogP contribution in [0, 0.1) is 0 Å². The molecule has 3 amide bonds. The second-order valence-corrected chi connectivity index (χ2v) is 7.15. The molecule has 1 saturated heterocycles. The molecule has 1 aliphatic heterocycles. The van der Waals surface area contributed by atoms with Gasteiger partial charge in [0.1, 0.15) is 6.61 Å². The van der Waals surface area contributed by atoms with E-state index in [0.29, 0.717) is 32.2 Å². The molecule has 2 fully saturated rings. The molecule has 0 spiro atoms. The van der Waals surface area contributed by atoms with Gasteiger partial charge in [-0.25, -0.2) is 9.59 Å². The van der Waals surface area contributed by atoms with Gasteiger partial charge in [0.15, 0.2) is 0 Å². The van der Waals surface area contributed by atoms with Crippen molar-refractivity contribution >= 4 is 12.1 Å². The zero-order valence-corrected chi connectivity index (χ0v) is 15.4. The Morgan fingerprint density at radius 1 is 0.923 bits per heavy atom. The van der Waals surface area contributed by atoms with E-state index >= 15 is 0 Å². The Bertz CT molecular complexity index is 587. The maximum atomic E-state index is 12.5. The van der Waals surface area contributed by atoms with Gasteiger partial charge in [-0.15, -0.1) is 0 Å². The second-order valence-electron chi connectivity index (χ2n) is 7.15. The molecule has 6 heteroatoms. The number of carbonyl (C=O) groups excluding carboxylic acids is 2. The molecule has 1 N–H and O–H groups in total. The molecular weight excluding hydrogens is 330 g/mol. The monoisotopic (exact) mass is 359 g/mol. The normalized spacial score (nSPS) is 18.9. The summed E-state index contributed by atoms with van der Waals surface area (Å²) in [6.45, 7) is 2.66. The van der Waals surface area contributed by atoms with Crippen LogP contribution in [0.3, 0.4) is 0 Å². The van der Waals surface area contributed by atoms with Crippen molar-refractivity contribution < 1.29 is 14.3 Å². The van der Waals surface area contributed by atoms with Crippen LogP contribution in [0.5, 0.6) is 0 Å². The van der Waals surface area contributed by atoms with Gasteiger partial charge in [-0.05, 0) is 24.8 Å². The molecule has 0 aromatic heterocycles. The van der Waals surface area contributed by atoms with E-state index in [9.17, 15) is 9.59 Å². The van der Waals surface area contributed by atoms with Crippen LogP contribution in [0.2, 0.25) is 0 Å². The lowest BCUT2D eigenvalue weighted by Crippen LogP contribution is -2.47. The summed E-state index contributed by atoms with van der Waals surface area (Å²) in [4.78, 5) is 28.3. The van der Waals surface area contributed by atoms with Crippen LogP contribution in [0.1, 0.15) is 44.1 Å².